The Morgan fingerprint density at radius 2 is 1.61 bits per heavy atom. The number of carboxylic acid groups (broad SMARTS) is 2. The summed E-state index contributed by atoms with van der Waals surface area (Å²) in [6.45, 7) is 5.01. The molecule has 33 heavy (non-hydrogen) atoms. The SMILES string of the molecule is CCc1nc2ccccc2c(NC(=O)CNCCc2ccc(O)cc2)c1C.O=C(O)C(=O)O. The molecule has 0 unspecified atom stereocenters. The van der Waals surface area contributed by atoms with Gasteiger partial charge in [0.1, 0.15) is 5.75 Å². The maximum atomic E-state index is 12.4. The molecule has 174 valence electrons. The molecule has 1 heterocycles. The highest BCUT2D eigenvalue weighted by Crippen LogP contribution is 2.28. The molecule has 3 aromatic rings. The molecule has 0 aliphatic heterocycles. The number of phenols is 1. The molecule has 9 heteroatoms. The van der Waals surface area contributed by atoms with Crippen molar-refractivity contribution >= 4 is 34.4 Å². The molecule has 0 fully saturated rings. The summed E-state index contributed by atoms with van der Waals surface area (Å²) in [6, 6.07) is 15.0. The fourth-order valence-electron chi connectivity index (χ4n) is 3.14. The number of rotatable bonds is 7. The number of para-hydroxylation sites is 1. The van der Waals surface area contributed by atoms with Crippen molar-refractivity contribution in [1.82, 2.24) is 10.3 Å². The summed E-state index contributed by atoms with van der Waals surface area (Å²) in [7, 11) is 0. The van der Waals surface area contributed by atoms with Gasteiger partial charge in [0.05, 0.1) is 17.7 Å². The number of amides is 1. The number of carbonyl (C=O) groups is 3. The van der Waals surface area contributed by atoms with E-state index in [0.29, 0.717) is 6.54 Å². The van der Waals surface area contributed by atoms with Crippen LogP contribution in [0.5, 0.6) is 5.75 Å². The first-order valence-electron chi connectivity index (χ1n) is 10.4. The second kappa shape index (κ2) is 12.2. The number of hydrogen-bond donors (Lipinski definition) is 5. The first kappa shape index (κ1) is 25.3. The molecule has 1 aromatic heterocycles. The maximum absolute atomic E-state index is 12.4. The lowest BCUT2D eigenvalue weighted by Gasteiger charge is -2.15. The lowest BCUT2D eigenvalue weighted by Crippen LogP contribution is -2.30. The molecule has 3 rings (SSSR count). The zero-order chi connectivity index (χ0) is 24.4. The van der Waals surface area contributed by atoms with Gasteiger partial charge in [-0.25, -0.2) is 9.59 Å². The van der Waals surface area contributed by atoms with Crippen LogP contribution < -0.4 is 10.6 Å². The number of nitrogens with zero attached hydrogens (tertiary/aromatic N) is 1. The molecule has 0 atom stereocenters. The number of fused-ring (bicyclic) bond motifs is 1. The number of benzene rings is 2. The third-order valence-corrected chi connectivity index (χ3v) is 4.83. The molecule has 0 saturated heterocycles. The van der Waals surface area contributed by atoms with E-state index in [2.05, 4.69) is 17.6 Å². The smallest absolute Gasteiger partial charge is 0.414 e. The number of anilines is 1. The van der Waals surface area contributed by atoms with Gasteiger partial charge in [-0.3, -0.25) is 9.78 Å². The zero-order valence-corrected chi connectivity index (χ0v) is 18.5. The molecule has 0 saturated carbocycles. The Labute approximate surface area is 191 Å². The minimum atomic E-state index is -1.82. The number of pyridine rings is 1. The Morgan fingerprint density at radius 1 is 0.970 bits per heavy atom. The Kier molecular flexibility index (Phi) is 9.31. The largest absolute Gasteiger partial charge is 0.508 e. The van der Waals surface area contributed by atoms with Gasteiger partial charge in [0.2, 0.25) is 5.91 Å². The molecular weight excluding hydrogens is 426 g/mol. The average molecular weight is 453 g/mol. The summed E-state index contributed by atoms with van der Waals surface area (Å²) >= 11 is 0. The summed E-state index contributed by atoms with van der Waals surface area (Å²) in [5, 5.41) is 31.3. The van der Waals surface area contributed by atoms with E-state index in [-0.39, 0.29) is 18.2 Å². The Hall–Kier alpha value is -3.98. The number of carboxylic acids is 2. The molecule has 2 aromatic carbocycles. The summed E-state index contributed by atoms with van der Waals surface area (Å²) in [5.41, 5.74) is 4.89. The highest BCUT2D eigenvalue weighted by atomic mass is 16.4. The van der Waals surface area contributed by atoms with Gasteiger partial charge >= 0.3 is 11.9 Å². The van der Waals surface area contributed by atoms with Crippen molar-refractivity contribution in [3.8, 4) is 5.75 Å². The lowest BCUT2D eigenvalue weighted by molar-refractivity contribution is -0.159. The predicted octanol–water partition coefficient (Wildman–Crippen LogP) is 2.74. The van der Waals surface area contributed by atoms with Gasteiger partial charge in [0.15, 0.2) is 0 Å². The van der Waals surface area contributed by atoms with E-state index in [9.17, 15) is 9.90 Å². The van der Waals surface area contributed by atoms with Crippen molar-refractivity contribution in [3.63, 3.8) is 0 Å². The molecule has 0 aliphatic rings. The van der Waals surface area contributed by atoms with Crippen LogP contribution in [0.1, 0.15) is 23.7 Å². The number of aliphatic carboxylic acids is 2. The summed E-state index contributed by atoms with van der Waals surface area (Å²) in [5.74, 6) is -3.45. The van der Waals surface area contributed by atoms with Crippen molar-refractivity contribution < 1.29 is 29.7 Å². The number of aromatic hydroxyl groups is 1. The number of aromatic nitrogens is 1. The topological polar surface area (TPSA) is 149 Å². The Morgan fingerprint density at radius 3 is 2.21 bits per heavy atom. The highest BCUT2D eigenvalue weighted by Gasteiger charge is 2.13. The molecular formula is C24H27N3O6. The second-order valence-electron chi connectivity index (χ2n) is 7.18. The van der Waals surface area contributed by atoms with Crippen LogP contribution in [0.25, 0.3) is 10.9 Å². The number of aryl methyl sites for hydroxylation is 1. The van der Waals surface area contributed by atoms with Gasteiger partial charge in [0, 0.05) is 11.1 Å². The van der Waals surface area contributed by atoms with Crippen molar-refractivity contribution in [3.05, 3.63) is 65.4 Å². The van der Waals surface area contributed by atoms with E-state index < -0.39 is 11.9 Å². The normalized spacial score (nSPS) is 10.2. The first-order chi connectivity index (χ1) is 15.7. The van der Waals surface area contributed by atoms with E-state index in [1.54, 1.807) is 12.1 Å². The predicted molar refractivity (Wildman–Crippen MR) is 124 cm³/mol. The van der Waals surface area contributed by atoms with Crippen LogP contribution in [0, 0.1) is 6.92 Å². The molecule has 9 nitrogen and oxygen atoms in total. The lowest BCUT2D eigenvalue weighted by atomic mass is 10.1. The van der Waals surface area contributed by atoms with Crippen molar-refractivity contribution in [2.24, 2.45) is 0 Å². The van der Waals surface area contributed by atoms with Crippen molar-refractivity contribution in [2.75, 3.05) is 18.4 Å². The Bertz CT molecular complexity index is 1120. The van der Waals surface area contributed by atoms with Gasteiger partial charge in [-0.05, 0) is 55.6 Å². The van der Waals surface area contributed by atoms with Gasteiger partial charge in [0.25, 0.3) is 0 Å². The Balaban J connectivity index is 0.000000569. The van der Waals surface area contributed by atoms with Crippen LogP contribution in [0.3, 0.4) is 0 Å². The van der Waals surface area contributed by atoms with Crippen LogP contribution >= 0.6 is 0 Å². The fraction of sp³-hybridized carbons (Fsp3) is 0.250. The van der Waals surface area contributed by atoms with E-state index in [4.69, 9.17) is 24.8 Å². The van der Waals surface area contributed by atoms with Gasteiger partial charge < -0.3 is 26.0 Å². The van der Waals surface area contributed by atoms with E-state index in [0.717, 1.165) is 46.3 Å². The zero-order valence-electron chi connectivity index (χ0n) is 18.5. The van der Waals surface area contributed by atoms with Crippen molar-refractivity contribution in [1.29, 1.82) is 0 Å². The van der Waals surface area contributed by atoms with E-state index in [1.807, 2.05) is 43.3 Å². The molecule has 1 amide bonds. The second-order valence-corrected chi connectivity index (χ2v) is 7.18. The summed E-state index contributed by atoms with van der Waals surface area (Å²) in [4.78, 5) is 35.3. The summed E-state index contributed by atoms with van der Waals surface area (Å²) in [6.07, 6.45) is 1.62. The first-order valence-corrected chi connectivity index (χ1v) is 10.4. The quantitative estimate of drug-likeness (QED) is 0.271. The van der Waals surface area contributed by atoms with Crippen LogP contribution in [-0.2, 0) is 27.2 Å². The molecule has 0 bridgehead atoms. The number of carbonyl (C=O) groups excluding carboxylic acids is 1. The molecule has 5 N–H and O–H groups in total. The van der Waals surface area contributed by atoms with E-state index >= 15 is 0 Å². The minimum Gasteiger partial charge on any atom is -0.508 e. The molecule has 0 spiro atoms. The van der Waals surface area contributed by atoms with Crippen molar-refractivity contribution in [2.45, 2.75) is 26.7 Å². The third kappa shape index (κ3) is 7.58. The molecule has 0 radical (unpaired) electrons. The van der Waals surface area contributed by atoms with Gasteiger partial charge in [-0.1, -0.05) is 37.3 Å². The standard InChI is InChI=1S/C22H25N3O2.C2H2O4/c1-3-19-15(2)22(18-6-4-5-7-20(18)24-19)25-21(27)14-23-13-12-16-8-10-17(26)11-9-16;3-1(4)2(5)6/h4-11,23,26H,3,12-14H2,1-2H3,(H,24,25,27);(H,3,4)(H,5,6). The fourth-order valence-corrected chi connectivity index (χ4v) is 3.14. The number of nitrogens with one attached hydrogen (secondary N) is 2. The van der Waals surface area contributed by atoms with Gasteiger partial charge in [-0.15, -0.1) is 0 Å². The average Bonchev–Trinajstić information content (AvgIpc) is 2.80. The maximum Gasteiger partial charge on any atom is 0.414 e. The monoisotopic (exact) mass is 453 g/mol. The summed E-state index contributed by atoms with van der Waals surface area (Å²) < 4.78 is 0. The van der Waals surface area contributed by atoms with Crippen LogP contribution in [0.2, 0.25) is 0 Å². The van der Waals surface area contributed by atoms with Crippen LogP contribution in [0.4, 0.5) is 5.69 Å². The molecule has 0 aliphatic carbocycles. The number of hydrogen-bond acceptors (Lipinski definition) is 6. The van der Waals surface area contributed by atoms with Crippen LogP contribution in [-0.4, -0.2) is 51.2 Å². The van der Waals surface area contributed by atoms with E-state index in [1.165, 1.54) is 0 Å². The van der Waals surface area contributed by atoms with Crippen LogP contribution in [0.15, 0.2) is 48.5 Å². The van der Waals surface area contributed by atoms with Gasteiger partial charge in [-0.2, -0.15) is 0 Å². The number of phenolic OH excluding ortho intramolecular Hbond substituents is 1. The minimum absolute atomic E-state index is 0.0674. The third-order valence-electron chi connectivity index (χ3n) is 4.83. The highest BCUT2D eigenvalue weighted by molar-refractivity contribution is 6.27.